The molecule has 0 spiro atoms. The number of ketones is 1. The van der Waals surface area contributed by atoms with E-state index in [9.17, 15) is 9.59 Å². The SMILES string of the molecule is O=C(/C=C/c1ccc(NC(=O)c2ccccc2)cc1)c1ccccc1. The molecule has 0 aliphatic rings. The fourth-order valence-electron chi connectivity index (χ4n) is 2.34. The zero-order chi connectivity index (χ0) is 17.5. The summed E-state index contributed by atoms with van der Waals surface area (Å²) < 4.78 is 0. The van der Waals surface area contributed by atoms with Gasteiger partial charge in [-0.15, -0.1) is 0 Å². The second kappa shape index (κ2) is 7.88. The molecule has 3 aromatic carbocycles. The fraction of sp³-hybridized carbons (Fsp3) is 0. The van der Waals surface area contributed by atoms with Crippen LogP contribution < -0.4 is 5.32 Å². The van der Waals surface area contributed by atoms with E-state index in [1.807, 2.05) is 60.7 Å². The number of allylic oxidation sites excluding steroid dienone is 1. The lowest BCUT2D eigenvalue weighted by atomic mass is 10.1. The van der Waals surface area contributed by atoms with E-state index in [0.717, 1.165) is 5.56 Å². The first kappa shape index (κ1) is 16.4. The molecule has 122 valence electrons. The van der Waals surface area contributed by atoms with Crippen LogP contribution in [0.15, 0.2) is 91.0 Å². The summed E-state index contributed by atoms with van der Waals surface area (Å²) in [6, 6.07) is 25.5. The number of hydrogen-bond acceptors (Lipinski definition) is 2. The number of anilines is 1. The van der Waals surface area contributed by atoms with Crippen molar-refractivity contribution >= 4 is 23.5 Å². The normalized spacial score (nSPS) is 10.6. The van der Waals surface area contributed by atoms with Crippen LogP contribution in [0, 0.1) is 0 Å². The molecule has 0 bridgehead atoms. The molecule has 3 aromatic rings. The average molecular weight is 327 g/mol. The Morgan fingerprint density at radius 1 is 0.680 bits per heavy atom. The average Bonchev–Trinajstić information content (AvgIpc) is 2.68. The van der Waals surface area contributed by atoms with E-state index < -0.39 is 0 Å². The Kier molecular flexibility index (Phi) is 5.17. The number of carbonyl (C=O) groups excluding carboxylic acids is 2. The first-order chi connectivity index (χ1) is 12.2. The van der Waals surface area contributed by atoms with Gasteiger partial charge in [0.15, 0.2) is 5.78 Å². The van der Waals surface area contributed by atoms with Gasteiger partial charge in [0.05, 0.1) is 0 Å². The van der Waals surface area contributed by atoms with Crippen molar-refractivity contribution in [1.82, 2.24) is 0 Å². The molecule has 0 aliphatic carbocycles. The van der Waals surface area contributed by atoms with E-state index in [4.69, 9.17) is 0 Å². The molecule has 0 saturated carbocycles. The van der Waals surface area contributed by atoms with Crippen LogP contribution in [0.4, 0.5) is 5.69 Å². The zero-order valence-electron chi connectivity index (χ0n) is 13.6. The predicted octanol–water partition coefficient (Wildman–Crippen LogP) is 4.84. The number of benzene rings is 3. The molecule has 0 fully saturated rings. The van der Waals surface area contributed by atoms with Gasteiger partial charge in [0.1, 0.15) is 0 Å². The maximum atomic E-state index is 12.1. The Morgan fingerprint density at radius 3 is 1.84 bits per heavy atom. The van der Waals surface area contributed by atoms with Crippen molar-refractivity contribution in [3.63, 3.8) is 0 Å². The molecule has 0 saturated heterocycles. The maximum absolute atomic E-state index is 12.1. The van der Waals surface area contributed by atoms with Crippen molar-refractivity contribution in [3.05, 3.63) is 108 Å². The number of amides is 1. The van der Waals surface area contributed by atoms with E-state index in [0.29, 0.717) is 16.8 Å². The highest BCUT2D eigenvalue weighted by Crippen LogP contribution is 2.13. The molecule has 0 aromatic heterocycles. The van der Waals surface area contributed by atoms with Gasteiger partial charge in [0.25, 0.3) is 5.91 Å². The Balaban J connectivity index is 1.63. The molecular formula is C22H17NO2. The highest BCUT2D eigenvalue weighted by Gasteiger charge is 2.04. The van der Waals surface area contributed by atoms with Crippen LogP contribution in [0.5, 0.6) is 0 Å². The molecule has 25 heavy (non-hydrogen) atoms. The summed E-state index contributed by atoms with van der Waals surface area (Å²) in [7, 11) is 0. The van der Waals surface area contributed by atoms with Crippen LogP contribution >= 0.6 is 0 Å². The molecule has 3 nitrogen and oxygen atoms in total. The molecule has 0 heterocycles. The van der Waals surface area contributed by atoms with Crippen molar-refractivity contribution in [2.75, 3.05) is 5.32 Å². The van der Waals surface area contributed by atoms with Gasteiger partial charge < -0.3 is 5.32 Å². The van der Waals surface area contributed by atoms with Gasteiger partial charge in [-0.2, -0.15) is 0 Å². The van der Waals surface area contributed by atoms with E-state index >= 15 is 0 Å². The monoisotopic (exact) mass is 327 g/mol. The minimum Gasteiger partial charge on any atom is -0.322 e. The lowest BCUT2D eigenvalue weighted by Gasteiger charge is -2.05. The lowest BCUT2D eigenvalue weighted by molar-refractivity contribution is 0.102. The first-order valence-corrected chi connectivity index (χ1v) is 7.96. The molecule has 0 unspecified atom stereocenters. The summed E-state index contributed by atoms with van der Waals surface area (Å²) in [5, 5.41) is 2.85. The van der Waals surface area contributed by atoms with Gasteiger partial charge in [0, 0.05) is 16.8 Å². The number of carbonyl (C=O) groups is 2. The third-order valence-corrected chi connectivity index (χ3v) is 3.69. The van der Waals surface area contributed by atoms with Gasteiger partial charge in [-0.3, -0.25) is 9.59 Å². The summed E-state index contributed by atoms with van der Waals surface area (Å²) in [5.74, 6) is -0.190. The van der Waals surface area contributed by atoms with E-state index in [2.05, 4.69) is 5.32 Å². The van der Waals surface area contributed by atoms with Crippen molar-refractivity contribution in [2.45, 2.75) is 0 Å². The quantitative estimate of drug-likeness (QED) is 0.538. The van der Waals surface area contributed by atoms with Crippen LogP contribution in [0.1, 0.15) is 26.3 Å². The van der Waals surface area contributed by atoms with E-state index in [1.54, 1.807) is 36.4 Å². The van der Waals surface area contributed by atoms with Gasteiger partial charge in [-0.05, 0) is 35.9 Å². The molecule has 0 aliphatic heterocycles. The Labute approximate surface area is 146 Å². The number of hydrogen-bond donors (Lipinski definition) is 1. The maximum Gasteiger partial charge on any atom is 0.255 e. The van der Waals surface area contributed by atoms with Crippen molar-refractivity contribution in [2.24, 2.45) is 0 Å². The van der Waals surface area contributed by atoms with Gasteiger partial charge in [-0.1, -0.05) is 66.7 Å². The minimum atomic E-state index is -0.150. The van der Waals surface area contributed by atoms with Crippen LogP contribution in [0.3, 0.4) is 0 Å². The topological polar surface area (TPSA) is 46.2 Å². The second-order valence-corrected chi connectivity index (χ2v) is 5.51. The van der Waals surface area contributed by atoms with Crippen LogP contribution in [-0.4, -0.2) is 11.7 Å². The van der Waals surface area contributed by atoms with E-state index in [-0.39, 0.29) is 11.7 Å². The van der Waals surface area contributed by atoms with Gasteiger partial charge in [-0.25, -0.2) is 0 Å². The molecule has 3 heteroatoms. The minimum absolute atomic E-state index is 0.0398. The molecule has 3 rings (SSSR count). The first-order valence-electron chi connectivity index (χ1n) is 7.96. The number of nitrogens with one attached hydrogen (secondary N) is 1. The summed E-state index contributed by atoms with van der Waals surface area (Å²) in [6.07, 6.45) is 3.31. The highest BCUT2D eigenvalue weighted by atomic mass is 16.1. The summed E-state index contributed by atoms with van der Waals surface area (Å²) in [4.78, 5) is 24.1. The van der Waals surface area contributed by atoms with Crippen LogP contribution in [0.2, 0.25) is 0 Å². The largest absolute Gasteiger partial charge is 0.322 e. The summed E-state index contributed by atoms with van der Waals surface area (Å²) >= 11 is 0. The summed E-state index contributed by atoms with van der Waals surface area (Å²) in [5.41, 5.74) is 2.87. The van der Waals surface area contributed by atoms with Crippen molar-refractivity contribution in [3.8, 4) is 0 Å². The molecule has 1 amide bonds. The Bertz CT molecular complexity index is 882. The third kappa shape index (κ3) is 4.52. The Hall–Kier alpha value is -3.46. The molecular weight excluding hydrogens is 310 g/mol. The smallest absolute Gasteiger partial charge is 0.255 e. The van der Waals surface area contributed by atoms with Crippen molar-refractivity contribution < 1.29 is 9.59 Å². The van der Waals surface area contributed by atoms with E-state index in [1.165, 1.54) is 0 Å². The van der Waals surface area contributed by atoms with Crippen molar-refractivity contribution in [1.29, 1.82) is 0 Å². The predicted molar refractivity (Wildman–Crippen MR) is 101 cm³/mol. The zero-order valence-corrected chi connectivity index (χ0v) is 13.6. The second-order valence-electron chi connectivity index (χ2n) is 5.51. The fourth-order valence-corrected chi connectivity index (χ4v) is 2.34. The molecule has 1 N–H and O–H groups in total. The summed E-state index contributed by atoms with van der Waals surface area (Å²) in [6.45, 7) is 0. The van der Waals surface area contributed by atoms with Gasteiger partial charge in [0.2, 0.25) is 0 Å². The van der Waals surface area contributed by atoms with Crippen LogP contribution in [-0.2, 0) is 0 Å². The Morgan fingerprint density at radius 2 is 1.24 bits per heavy atom. The lowest BCUT2D eigenvalue weighted by Crippen LogP contribution is -2.11. The molecule has 0 atom stereocenters. The standard InChI is InChI=1S/C22H17NO2/c24-21(18-7-3-1-4-8-18)16-13-17-11-14-20(15-12-17)23-22(25)19-9-5-2-6-10-19/h1-16H,(H,23,25)/b16-13+. The molecule has 0 radical (unpaired) electrons. The highest BCUT2D eigenvalue weighted by molar-refractivity contribution is 6.07. The third-order valence-electron chi connectivity index (χ3n) is 3.69. The van der Waals surface area contributed by atoms with Gasteiger partial charge >= 0.3 is 0 Å². The number of rotatable bonds is 5. The van der Waals surface area contributed by atoms with Crippen LogP contribution in [0.25, 0.3) is 6.08 Å².